The van der Waals surface area contributed by atoms with Crippen molar-refractivity contribution in [2.45, 2.75) is 59.4 Å². The van der Waals surface area contributed by atoms with E-state index in [-0.39, 0.29) is 12.1 Å². The number of aromatic nitrogens is 3. The number of likely N-dealkylation sites (tertiary alicyclic amines) is 1. The van der Waals surface area contributed by atoms with Gasteiger partial charge in [-0.2, -0.15) is 5.10 Å². The van der Waals surface area contributed by atoms with Crippen LogP contribution in [0.1, 0.15) is 59.4 Å². The zero-order valence-electron chi connectivity index (χ0n) is 15.0. The molecule has 2 rings (SSSR count). The minimum Gasteiger partial charge on any atom is -0.338 e. The molecule has 2 atom stereocenters. The van der Waals surface area contributed by atoms with Crippen molar-refractivity contribution < 1.29 is 4.79 Å². The molecule has 23 heavy (non-hydrogen) atoms. The van der Waals surface area contributed by atoms with E-state index in [9.17, 15) is 4.79 Å². The minimum absolute atomic E-state index is 0.0535. The van der Waals surface area contributed by atoms with Gasteiger partial charge in [-0.3, -0.25) is 0 Å². The predicted octanol–water partition coefficient (Wildman–Crippen LogP) is 3.09. The monoisotopic (exact) mass is 321 g/mol. The number of hydrogen-bond acceptors (Lipinski definition) is 3. The smallest absolute Gasteiger partial charge is 0.317 e. The van der Waals surface area contributed by atoms with Crippen molar-refractivity contribution in [1.29, 1.82) is 0 Å². The molecular weight excluding hydrogens is 290 g/mol. The Morgan fingerprint density at radius 2 is 2.22 bits per heavy atom. The third kappa shape index (κ3) is 5.84. The predicted molar refractivity (Wildman–Crippen MR) is 91.1 cm³/mol. The Morgan fingerprint density at radius 3 is 2.87 bits per heavy atom. The van der Waals surface area contributed by atoms with Crippen LogP contribution in [-0.2, 0) is 0 Å². The third-order valence-corrected chi connectivity index (χ3v) is 4.37. The second-order valence-electron chi connectivity index (χ2n) is 8.01. The molecule has 1 aliphatic rings. The first-order valence-electron chi connectivity index (χ1n) is 8.72. The summed E-state index contributed by atoms with van der Waals surface area (Å²) in [6.45, 7) is 11.3. The van der Waals surface area contributed by atoms with Crippen LogP contribution in [0.5, 0.6) is 0 Å². The van der Waals surface area contributed by atoms with Gasteiger partial charge in [0.05, 0.1) is 6.04 Å². The molecule has 0 saturated carbocycles. The lowest BCUT2D eigenvalue weighted by atomic mass is 9.84. The van der Waals surface area contributed by atoms with E-state index in [2.05, 4.69) is 43.1 Å². The molecule has 2 amide bonds. The highest BCUT2D eigenvalue weighted by Crippen LogP contribution is 2.25. The van der Waals surface area contributed by atoms with E-state index in [1.807, 2.05) is 9.58 Å². The quantitative estimate of drug-likeness (QED) is 0.906. The number of nitrogens with one attached hydrogen (secondary N) is 1. The van der Waals surface area contributed by atoms with E-state index in [4.69, 9.17) is 0 Å². The second-order valence-corrected chi connectivity index (χ2v) is 8.01. The number of urea groups is 1. The Kier molecular flexibility index (Phi) is 6.02. The molecule has 130 valence electrons. The first kappa shape index (κ1) is 17.8. The van der Waals surface area contributed by atoms with Crippen LogP contribution in [0.25, 0.3) is 0 Å². The number of piperidine rings is 1. The number of amides is 2. The summed E-state index contributed by atoms with van der Waals surface area (Å²) in [5.41, 5.74) is 0.349. The SMILES string of the molecule is C[C@@H](CCNC(=O)N1CCC[C@@H](n2cncn2)C1)CC(C)(C)C. The highest BCUT2D eigenvalue weighted by atomic mass is 16.2. The van der Waals surface area contributed by atoms with Gasteiger partial charge in [-0.25, -0.2) is 14.5 Å². The van der Waals surface area contributed by atoms with E-state index < -0.39 is 0 Å². The standard InChI is InChI=1S/C17H31N5O/c1-14(10-17(2,3)4)7-8-19-16(23)21-9-5-6-15(11-21)22-13-18-12-20-22/h12-15H,5-11H2,1-4H3,(H,19,23)/t14-,15+/m0/s1. The molecule has 6 heteroatoms. The highest BCUT2D eigenvalue weighted by molar-refractivity contribution is 5.74. The van der Waals surface area contributed by atoms with Crippen molar-refractivity contribution in [3.63, 3.8) is 0 Å². The summed E-state index contributed by atoms with van der Waals surface area (Å²) < 4.78 is 1.87. The van der Waals surface area contributed by atoms with Gasteiger partial charge in [0.25, 0.3) is 0 Å². The van der Waals surface area contributed by atoms with Gasteiger partial charge in [-0.05, 0) is 37.0 Å². The maximum atomic E-state index is 12.3. The van der Waals surface area contributed by atoms with E-state index in [1.54, 1.807) is 12.7 Å². The molecule has 1 aromatic rings. The molecule has 6 nitrogen and oxygen atoms in total. The summed E-state index contributed by atoms with van der Waals surface area (Å²) in [6.07, 6.45) is 7.56. The summed E-state index contributed by atoms with van der Waals surface area (Å²) in [5, 5.41) is 7.28. The number of hydrogen-bond donors (Lipinski definition) is 1. The molecule has 1 aliphatic heterocycles. The first-order valence-corrected chi connectivity index (χ1v) is 8.72. The second kappa shape index (κ2) is 7.79. The maximum absolute atomic E-state index is 12.3. The molecule has 0 aromatic carbocycles. The first-order chi connectivity index (χ1) is 10.8. The highest BCUT2D eigenvalue weighted by Gasteiger charge is 2.25. The number of nitrogens with zero attached hydrogens (tertiary/aromatic N) is 4. The molecule has 1 saturated heterocycles. The molecule has 0 bridgehead atoms. The van der Waals surface area contributed by atoms with Crippen molar-refractivity contribution in [3.05, 3.63) is 12.7 Å². The average Bonchev–Trinajstić information content (AvgIpc) is 2.99. The van der Waals surface area contributed by atoms with Crippen molar-refractivity contribution >= 4 is 6.03 Å². The summed E-state index contributed by atoms with van der Waals surface area (Å²) >= 11 is 0. The third-order valence-electron chi connectivity index (χ3n) is 4.37. The average molecular weight is 321 g/mol. The Balaban J connectivity index is 1.73. The minimum atomic E-state index is 0.0535. The Labute approximate surface area is 139 Å². The van der Waals surface area contributed by atoms with Gasteiger partial charge in [0.1, 0.15) is 12.7 Å². The Hall–Kier alpha value is -1.59. The number of carbonyl (C=O) groups excluding carboxylic acids is 1. The summed E-state index contributed by atoms with van der Waals surface area (Å²) in [4.78, 5) is 18.3. The van der Waals surface area contributed by atoms with Gasteiger partial charge in [-0.15, -0.1) is 0 Å². The molecule has 0 aliphatic carbocycles. The van der Waals surface area contributed by atoms with Crippen LogP contribution in [-0.4, -0.2) is 45.3 Å². The fraction of sp³-hybridized carbons (Fsp3) is 0.824. The lowest BCUT2D eigenvalue weighted by Crippen LogP contribution is -2.46. The van der Waals surface area contributed by atoms with Crippen molar-refractivity contribution in [1.82, 2.24) is 25.0 Å². The lowest BCUT2D eigenvalue weighted by Gasteiger charge is -2.32. The fourth-order valence-electron chi connectivity index (χ4n) is 3.45. The summed E-state index contributed by atoms with van der Waals surface area (Å²) in [6, 6.07) is 0.301. The molecule has 0 unspecified atom stereocenters. The van der Waals surface area contributed by atoms with Crippen LogP contribution in [0.4, 0.5) is 4.79 Å². The molecular formula is C17H31N5O. The van der Waals surface area contributed by atoms with Gasteiger partial charge in [-0.1, -0.05) is 27.7 Å². The number of carbonyl (C=O) groups is 1. The van der Waals surface area contributed by atoms with Crippen LogP contribution in [0, 0.1) is 11.3 Å². The Bertz CT molecular complexity index is 480. The Morgan fingerprint density at radius 1 is 1.43 bits per heavy atom. The van der Waals surface area contributed by atoms with Gasteiger partial charge < -0.3 is 10.2 Å². The van der Waals surface area contributed by atoms with Gasteiger partial charge >= 0.3 is 6.03 Å². The molecule has 1 aromatic heterocycles. The largest absolute Gasteiger partial charge is 0.338 e. The van der Waals surface area contributed by atoms with Gasteiger partial charge in [0.15, 0.2) is 0 Å². The molecule has 1 N–H and O–H groups in total. The summed E-state index contributed by atoms with van der Waals surface area (Å²) in [5.74, 6) is 0.625. The van der Waals surface area contributed by atoms with Gasteiger partial charge in [0.2, 0.25) is 0 Å². The maximum Gasteiger partial charge on any atom is 0.317 e. The normalized spacial score (nSPS) is 20.3. The van der Waals surface area contributed by atoms with Crippen molar-refractivity contribution in [3.8, 4) is 0 Å². The van der Waals surface area contributed by atoms with E-state index in [0.29, 0.717) is 17.9 Å². The lowest BCUT2D eigenvalue weighted by molar-refractivity contribution is 0.162. The van der Waals surface area contributed by atoms with Crippen LogP contribution >= 0.6 is 0 Å². The van der Waals surface area contributed by atoms with Crippen molar-refractivity contribution in [2.24, 2.45) is 11.3 Å². The molecule has 1 fully saturated rings. The van der Waals surface area contributed by atoms with E-state index >= 15 is 0 Å². The zero-order valence-corrected chi connectivity index (χ0v) is 15.0. The topological polar surface area (TPSA) is 63.1 Å². The fourth-order valence-corrected chi connectivity index (χ4v) is 3.45. The van der Waals surface area contributed by atoms with Crippen LogP contribution < -0.4 is 5.32 Å². The summed E-state index contributed by atoms with van der Waals surface area (Å²) in [7, 11) is 0. The zero-order chi connectivity index (χ0) is 16.9. The molecule has 0 radical (unpaired) electrons. The van der Waals surface area contributed by atoms with E-state index in [0.717, 1.165) is 32.4 Å². The van der Waals surface area contributed by atoms with Gasteiger partial charge in [0, 0.05) is 19.6 Å². The van der Waals surface area contributed by atoms with Crippen LogP contribution in [0.2, 0.25) is 0 Å². The number of rotatable bonds is 5. The van der Waals surface area contributed by atoms with E-state index in [1.165, 1.54) is 6.42 Å². The van der Waals surface area contributed by atoms with Crippen LogP contribution in [0.15, 0.2) is 12.7 Å². The molecule has 2 heterocycles. The van der Waals surface area contributed by atoms with Crippen molar-refractivity contribution in [2.75, 3.05) is 19.6 Å². The van der Waals surface area contributed by atoms with Crippen LogP contribution in [0.3, 0.4) is 0 Å². The molecule has 0 spiro atoms.